The fourth-order valence-corrected chi connectivity index (χ4v) is 3.72. The van der Waals surface area contributed by atoms with E-state index in [1.54, 1.807) is 19.1 Å². The van der Waals surface area contributed by atoms with Crippen LogP contribution in [0.15, 0.2) is 42.5 Å². The van der Waals surface area contributed by atoms with E-state index in [4.69, 9.17) is 9.16 Å². The van der Waals surface area contributed by atoms with Crippen LogP contribution >= 0.6 is 0 Å². The van der Waals surface area contributed by atoms with Crippen LogP contribution in [0.25, 0.3) is 0 Å². The Morgan fingerprint density at radius 1 is 0.968 bits per heavy atom. The predicted molar refractivity (Wildman–Crippen MR) is 128 cm³/mol. The molecule has 2 aromatic carbocycles. The second-order valence-electron chi connectivity index (χ2n) is 9.47. The average Bonchev–Trinajstić information content (AvgIpc) is 2.70. The van der Waals surface area contributed by atoms with Gasteiger partial charge in [-0.25, -0.2) is 4.79 Å². The molecule has 2 radical (unpaired) electrons. The maximum Gasteiger partial charge on any atom is 0.338 e. The molecule has 164 valence electrons. The molecule has 0 unspecified atom stereocenters. The number of esters is 1. The lowest BCUT2D eigenvalue weighted by atomic mass is 9.87. The van der Waals surface area contributed by atoms with Gasteiger partial charge in [0.05, 0.1) is 17.8 Å². The summed E-state index contributed by atoms with van der Waals surface area (Å²) in [6, 6.07) is 13.6. The largest absolute Gasteiger partial charge is 0.462 e. The van der Waals surface area contributed by atoms with Crippen LogP contribution < -0.4 is 0 Å². The van der Waals surface area contributed by atoms with Crippen LogP contribution in [0.5, 0.6) is 0 Å². The molecule has 2 aromatic rings. The van der Waals surface area contributed by atoms with E-state index in [0.29, 0.717) is 27.9 Å². The highest BCUT2D eigenvalue weighted by molar-refractivity contribution is 6.31. The van der Waals surface area contributed by atoms with Gasteiger partial charge in [0, 0.05) is 11.1 Å². The van der Waals surface area contributed by atoms with Gasteiger partial charge in [-0.3, -0.25) is 0 Å². The van der Waals surface area contributed by atoms with Crippen molar-refractivity contribution in [2.45, 2.75) is 71.9 Å². The van der Waals surface area contributed by atoms with Crippen molar-refractivity contribution in [3.8, 4) is 11.8 Å². The molecule has 31 heavy (non-hydrogen) atoms. The predicted octanol–water partition coefficient (Wildman–Crippen LogP) is 6.48. The van der Waals surface area contributed by atoms with E-state index < -0.39 is 0 Å². The van der Waals surface area contributed by atoms with Crippen molar-refractivity contribution < 1.29 is 14.0 Å². The Kier molecular flexibility index (Phi) is 8.28. The van der Waals surface area contributed by atoms with E-state index in [1.807, 2.05) is 12.1 Å². The van der Waals surface area contributed by atoms with Crippen LogP contribution in [0.2, 0.25) is 5.04 Å². The molecule has 0 saturated carbocycles. The van der Waals surface area contributed by atoms with Crippen LogP contribution in [-0.4, -0.2) is 22.3 Å². The van der Waals surface area contributed by atoms with E-state index in [-0.39, 0.29) is 16.6 Å². The number of rotatable bonds is 6. The van der Waals surface area contributed by atoms with Crippen molar-refractivity contribution in [1.29, 1.82) is 0 Å². The van der Waals surface area contributed by atoms with E-state index in [1.165, 1.54) is 11.1 Å². The van der Waals surface area contributed by atoms with Gasteiger partial charge in [-0.2, -0.15) is 0 Å². The third kappa shape index (κ3) is 7.38. The number of carbonyl (C=O) groups excluding carboxylic acids is 1. The summed E-state index contributed by atoms with van der Waals surface area (Å²) in [4.78, 5) is 11.8. The molecule has 0 aliphatic carbocycles. The van der Waals surface area contributed by atoms with Crippen LogP contribution in [0, 0.1) is 11.8 Å². The fourth-order valence-electron chi connectivity index (χ4n) is 3.05. The lowest BCUT2D eigenvalue weighted by Gasteiger charge is -2.32. The molecular formula is C27H34O3Si. The summed E-state index contributed by atoms with van der Waals surface area (Å²) in [5.74, 6) is 6.51. The summed E-state index contributed by atoms with van der Waals surface area (Å²) in [7, 11) is 0.423. The first-order chi connectivity index (χ1) is 14.4. The van der Waals surface area contributed by atoms with Gasteiger partial charge in [-0.15, -0.1) is 0 Å². The number of hydrogen-bond acceptors (Lipinski definition) is 3. The number of hydrogen-bond donors (Lipinski definition) is 0. The number of carbonyl (C=O) groups is 1. The first kappa shape index (κ1) is 24.9. The van der Waals surface area contributed by atoms with Gasteiger partial charge in [-0.1, -0.05) is 52.5 Å². The van der Waals surface area contributed by atoms with E-state index in [9.17, 15) is 4.79 Å². The fraction of sp³-hybridized carbons (Fsp3) is 0.444. The van der Waals surface area contributed by atoms with Crippen molar-refractivity contribution in [2.24, 2.45) is 0 Å². The molecule has 0 heterocycles. The van der Waals surface area contributed by atoms with Crippen molar-refractivity contribution in [1.82, 2.24) is 0 Å². The highest BCUT2D eigenvalue weighted by atomic mass is 28.2. The van der Waals surface area contributed by atoms with E-state index >= 15 is 0 Å². The zero-order valence-electron chi connectivity index (χ0n) is 20.1. The molecule has 0 saturated heterocycles. The summed E-state index contributed by atoms with van der Waals surface area (Å²) < 4.78 is 11.4. The zero-order valence-corrected chi connectivity index (χ0v) is 21.1. The number of ether oxygens (including phenoxy) is 1. The summed E-state index contributed by atoms with van der Waals surface area (Å²) in [6.45, 7) is 17.4. The molecule has 0 atom stereocenters. The van der Waals surface area contributed by atoms with Gasteiger partial charge in [-0.05, 0) is 79.3 Å². The second-order valence-corrected chi connectivity index (χ2v) is 11.4. The standard InChI is InChI=1S/C27H34O3Si/c1-9-29-25(28)22-15-12-20(13-16-22)10-11-21-14-17-24(23(18-21)19(2)3)27(7,8)30-31-26(4,5)6/h12-19H,9H2,1-8H3. The molecule has 0 N–H and O–H groups in total. The quantitative estimate of drug-likeness (QED) is 0.297. The van der Waals surface area contributed by atoms with Gasteiger partial charge >= 0.3 is 5.97 Å². The molecule has 0 aliphatic rings. The van der Waals surface area contributed by atoms with E-state index in [0.717, 1.165) is 11.1 Å². The first-order valence-corrected chi connectivity index (χ1v) is 11.7. The zero-order chi connectivity index (χ0) is 23.2. The summed E-state index contributed by atoms with van der Waals surface area (Å²) in [5, 5.41) is 0.142. The van der Waals surface area contributed by atoms with Gasteiger partial charge in [0.15, 0.2) is 0 Å². The van der Waals surface area contributed by atoms with Gasteiger partial charge in [0.1, 0.15) is 0 Å². The molecule has 3 nitrogen and oxygen atoms in total. The molecule has 0 amide bonds. The Morgan fingerprint density at radius 3 is 2.10 bits per heavy atom. The molecule has 2 rings (SSSR count). The summed E-state index contributed by atoms with van der Waals surface area (Å²) >= 11 is 0. The lowest BCUT2D eigenvalue weighted by Crippen LogP contribution is -2.29. The maximum atomic E-state index is 11.8. The lowest BCUT2D eigenvalue weighted by molar-refractivity contribution is 0.0526. The van der Waals surface area contributed by atoms with Gasteiger partial charge in [0.25, 0.3) is 0 Å². The second kappa shape index (κ2) is 10.3. The third-order valence-electron chi connectivity index (χ3n) is 4.68. The summed E-state index contributed by atoms with van der Waals surface area (Å²) in [5.41, 5.74) is 4.48. The monoisotopic (exact) mass is 434 g/mol. The molecule has 0 fully saturated rings. The molecule has 0 bridgehead atoms. The molecule has 0 spiro atoms. The topological polar surface area (TPSA) is 35.5 Å². The van der Waals surface area contributed by atoms with E-state index in [2.05, 4.69) is 78.5 Å². The number of benzene rings is 2. The van der Waals surface area contributed by atoms with Crippen LogP contribution in [0.1, 0.15) is 93.9 Å². The van der Waals surface area contributed by atoms with Crippen molar-refractivity contribution >= 4 is 15.7 Å². The van der Waals surface area contributed by atoms with Gasteiger partial charge in [0.2, 0.25) is 9.76 Å². The highest BCUT2D eigenvalue weighted by Crippen LogP contribution is 2.34. The Labute approximate surface area is 190 Å². The normalized spacial score (nSPS) is 11.8. The van der Waals surface area contributed by atoms with Gasteiger partial charge < -0.3 is 9.16 Å². The average molecular weight is 435 g/mol. The van der Waals surface area contributed by atoms with Crippen LogP contribution in [0.3, 0.4) is 0 Å². The maximum absolute atomic E-state index is 11.8. The Hall–Kier alpha value is -2.35. The molecule has 0 aromatic heterocycles. The Bertz CT molecular complexity index is 955. The minimum Gasteiger partial charge on any atom is -0.462 e. The third-order valence-corrected chi connectivity index (χ3v) is 5.91. The van der Waals surface area contributed by atoms with Crippen molar-refractivity contribution in [3.63, 3.8) is 0 Å². The smallest absolute Gasteiger partial charge is 0.338 e. The minimum atomic E-state index is -0.361. The summed E-state index contributed by atoms with van der Waals surface area (Å²) in [6.07, 6.45) is 0. The van der Waals surface area contributed by atoms with Crippen molar-refractivity contribution in [2.75, 3.05) is 6.61 Å². The Morgan fingerprint density at radius 2 is 1.55 bits per heavy atom. The first-order valence-electron chi connectivity index (χ1n) is 10.8. The van der Waals surface area contributed by atoms with Crippen molar-refractivity contribution in [3.05, 3.63) is 70.3 Å². The van der Waals surface area contributed by atoms with Crippen LogP contribution in [-0.2, 0) is 14.8 Å². The minimum absolute atomic E-state index is 0.142. The SMILES string of the molecule is CCOC(=O)c1ccc(C#Cc2ccc(C(C)(C)O[Si]C(C)(C)C)c(C(C)C)c2)cc1. The molecule has 0 aliphatic heterocycles. The Balaban J connectivity index is 2.27. The molecule has 4 heteroatoms. The molecular weight excluding hydrogens is 400 g/mol. The van der Waals surface area contributed by atoms with Crippen LogP contribution in [0.4, 0.5) is 0 Å². The highest BCUT2D eigenvalue weighted by Gasteiger charge is 2.28.